The highest BCUT2D eigenvalue weighted by atomic mass is 32.1. The Kier molecular flexibility index (Phi) is 4.46. The maximum absolute atomic E-state index is 12.5. The largest absolute Gasteiger partial charge is 0.481 e. The van der Waals surface area contributed by atoms with Gasteiger partial charge in [0.05, 0.1) is 24.2 Å². The number of aliphatic carboxylic acids is 1. The van der Waals surface area contributed by atoms with E-state index in [4.69, 9.17) is 5.11 Å². The minimum atomic E-state index is -0.875. The lowest BCUT2D eigenvalue weighted by Crippen LogP contribution is -2.38. The van der Waals surface area contributed by atoms with Gasteiger partial charge >= 0.3 is 5.97 Å². The minimum Gasteiger partial charge on any atom is -0.481 e. The molecule has 136 valence electrons. The van der Waals surface area contributed by atoms with Crippen molar-refractivity contribution in [2.75, 3.05) is 13.1 Å². The molecule has 1 aliphatic heterocycles. The Morgan fingerprint density at radius 3 is 2.85 bits per heavy atom. The van der Waals surface area contributed by atoms with Crippen molar-refractivity contribution in [3.63, 3.8) is 0 Å². The van der Waals surface area contributed by atoms with E-state index in [1.165, 1.54) is 0 Å². The predicted octanol–water partition coefficient (Wildman–Crippen LogP) is 1.69. The Labute approximate surface area is 153 Å². The molecule has 0 bridgehead atoms. The topological polar surface area (TPSA) is 104 Å². The first-order valence-electron chi connectivity index (χ1n) is 8.53. The highest BCUT2D eigenvalue weighted by molar-refractivity contribution is 7.15. The third kappa shape index (κ3) is 3.48. The quantitative estimate of drug-likeness (QED) is 0.708. The van der Waals surface area contributed by atoms with Crippen LogP contribution in [0.1, 0.15) is 35.8 Å². The van der Waals surface area contributed by atoms with Crippen LogP contribution in [0.3, 0.4) is 0 Å². The zero-order valence-corrected chi connectivity index (χ0v) is 14.9. The van der Waals surface area contributed by atoms with E-state index in [0.717, 1.165) is 29.2 Å². The fourth-order valence-electron chi connectivity index (χ4n) is 3.39. The second-order valence-corrected chi connectivity index (χ2v) is 7.42. The van der Waals surface area contributed by atoms with Gasteiger partial charge in [0.1, 0.15) is 0 Å². The van der Waals surface area contributed by atoms with E-state index < -0.39 is 5.97 Å². The summed E-state index contributed by atoms with van der Waals surface area (Å²) >= 11 is 1.55. The Hall–Kier alpha value is -2.68. The molecule has 0 atom stereocenters. The van der Waals surface area contributed by atoms with Crippen molar-refractivity contribution in [2.24, 2.45) is 0 Å². The monoisotopic (exact) mass is 373 g/mol. The molecule has 1 fully saturated rings. The van der Waals surface area contributed by atoms with Gasteiger partial charge in [-0.3, -0.25) is 19.1 Å². The minimum absolute atomic E-state index is 0.0492. The van der Waals surface area contributed by atoms with Crippen LogP contribution in [0, 0.1) is 0 Å². The van der Waals surface area contributed by atoms with Gasteiger partial charge in [-0.1, -0.05) is 0 Å². The zero-order chi connectivity index (χ0) is 18.1. The predicted molar refractivity (Wildman–Crippen MR) is 95.3 cm³/mol. The highest BCUT2D eigenvalue weighted by Crippen LogP contribution is 2.27. The summed E-state index contributed by atoms with van der Waals surface area (Å²) in [6.45, 7) is 1.37. The smallest absolute Gasteiger partial charge is 0.309 e. The molecule has 0 radical (unpaired) electrons. The molecule has 0 unspecified atom stereocenters. The van der Waals surface area contributed by atoms with Gasteiger partial charge < -0.3 is 10.0 Å². The molecule has 4 heterocycles. The van der Waals surface area contributed by atoms with Crippen molar-refractivity contribution in [3.05, 3.63) is 40.9 Å². The normalized spacial score (nSPS) is 15.6. The lowest BCUT2D eigenvalue weighted by atomic mass is 9.93. The molecule has 0 spiro atoms. The van der Waals surface area contributed by atoms with Crippen LogP contribution < -0.4 is 0 Å². The SMILES string of the molecule is O=C(O)Cc1cc(C2CCN(C(=O)Cc3cn4ccsc4n3)CC2)n[nH]1. The number of H-pyrrole nitrogens is 1. The van der Waals surface area contributed by atoms with Gasteiger partial charge in [-0.25, -0.2) is 4.98 Å². The number of likely N-dealkylation sites (tertiary alicyclic amines) is 1. The third-order valence-corrected chi connectivity index (χ3v) is 5.50. The number of imidazole rings is 1. The number of amides is 1. The molecular weight excluding hydrogens is 354 g/mol. The zero-order valence-electron chi connectivity index (χ0n) is 14.1. The summed E-state index contributed by atoms with van der Waals surface area (Å²) in [6.07, 6.45) is 5.79. The number of aromatic amines is 1. The summed E-state index contributed by atoms with van der Waals surface area (Å²) in [5.74, 6) is -0.515. The van der Waals surface area contributed by atoms with Crippen LogP contribution in [-0.4, -0.2) is 54.6 Å². The molecule has 1 amide bonds. The fraction of sp³-hybridized carbons (Fsp3) is 0.412. The van der Waals surface area contributed by atoms with E-state index >= 15 is 0 Å². The molecular formula is C17H19N5O3S. The lowest BCUT2D eigenvalue weighted by molar-refractivity contribution is -0.136. The first-order valence-corrected chi connectivity index (χ1v) is 9.41. The molecule has 1 saturated heterocycles. The highest BCUT2D eigenvalue weighted by Gasteiger charge is 2.26. The van der Waals surface area contributed by atoms with Crippen molar-refractivity contribution < 1.29 is 14.7 Å². The number of piperidine rings is 1. The van der Waals surface area contributed by atoms with Crippen molar-refractivity contribution in [2.45, 2.75) is 31.6 Å². The maximum Gasteiger partial charge on any atom is 0.309 e. The van der Waals surface area contributed by atoms with E-state index in [9.17, 15) is 9.59 Å². The Bertz CT molecular complexity index is 907. The summed E-state index contributed by atoms with van der Waals surface area (Å²) < 4.78 is 1.94. The molecule has 0 saturated carbocycles. The molecule has 3 aromatic heterocycles. The third-order valence-electron chi connectivity index (χ3n) is 4.73. The number of fused-ring (bicyclic) bond motifs is 1. The molecule has 0 aliphatic carbocycles. The van der Waals surface area contributed by atoms with E-state index in [1.54, 1.807) is 11.3 Å². The van der Waals surface area contributed by atoms with Gasteiger partial charge in [-0.15, -0.1) is 11.3 Å². The van der Waals surface area contributed by atoms with Gasteiger partial charge in [0.15, 0.2) is 4.96 Å². The van der Waals surface area contributed by atoms with Crippen LogP contribution in [0.15, 0.2) is 23.8 Å². The number of carbonyl (C=O) groups is 2. The molecule has 8 nitrogen and oxygen atoms in total. The van der Waals surface area contributed by atoms with Crippen LogP contribution in [0.5, 0.6) is 0 Å². The number of hydrogen-bond acceptors (Lipinski definition) is 5. The Balaban J connectivity index is 1.32. The number of carbonyl (C=O) groups excluding carboxylic acids is 1. The van der Waals surface area contributed by atoms with E-state index in [2.05, 4.69) is 15.2 Å². The van der Waals surface area contributed by atoms with Crippen LogP contribution in [-0.2, 0) is 22.4 Å². The first-order chi connectivity index (χ1) is 12.6. The van der Waals surface area contributed by atoms with Crippen molar-refractivity contribution in [1.29, 1.82) is 0 Å². The molecule has 3 aromatic rings. The molecule has 9 heteroatoms. The van der Waals surface area contributed by atoms with Crippen molar-refractivity contribution >= 4 is 28.2 Å². The number of thiazole rings is 1. The van der Waals surface area contributed by atoms with Crippen LogP contribution >= 0.6 is 11.3 Å². The maximum atomic E-state index is 12.5. The lowest BCUT2D eigenvalue weighted by Gasteiger charge is -2.31. The van der Waals surface area contributed by atoms with Gasteiger partial charge in [0.25, 0.3) is 0 Å². The number of rotatable bonds is 5. The average molecular weight is 373 g/mol. The second-order valence-electron chi connectivity index (χ2n) is 6.55. The fourth-order valence-corrected chi connectivity index (χ4v) is 4.11. The number of carboxylic acids is 1. The van der Waals surface area contributed by atoms with E-state index in [-0.39, 0.29) is 18.2 Å². The van der Waals surface area contributed by atoms with Gasteiger partial charge in [-0.05, 0) is 18.9 Å². The van der Waals surface area contributed by atoms with E-state index in [1.807, 2.05) is 33.1 Å². The Morgan fingerprint density at radius 1 is 1.31 bits per heavy atom. The average Bonchev–Trinajstić information content (AvgIpc) is 3.31. The van der Waals surface area contributed by atoms with Gasteiger partial charge in [-0.2, -0.15) is 5.10 Å². The van der Waals surface area contributed by atoms with Crippen LogP contribution in [0.4, 0.5) is 0 Å². The number of hydrogen-bond donors (Lipinski definition) is 2. The standard InChI is InChI=1S/C17H19N5O3S/c23-15(8-13-10-22-5-6-26-17(22)18-13)21-3-1-11(2-4-21)14-7-12(19-20-14)9-16(24)25/h5-7,10-11H,1-4,8-9H2,(H,19,20)(H,24,25). The molecule has 4 rings (SSSR count). The molecule has 2 N–H and O–H groups in total. The summed E-state index contributed by atoms with van der Waals surface area (Å²) in [6, 6.07) is 1.83. The van der Waals surface area contributed by atoms with Gasteiger partial charge in [0, 0.05) is 42.5 Å². The summed E-state index contributed by atoms with van der Waals surface area (Å²) in [5, 5.41) is 17.8. The van der Waals surface area contributed by atoms with E-state index in [0.29, 0.717) is 25.2 Å². The summed E-state index contributed by atoms with van der Waals surface area (Å²) in [7, 11) is 0. The van der Waals surface area contributed by atoms with Crippen LogP contribution in [0.25, 0.3) is 4.96 Å². The number of carboxylic acid groups (broad SMARTS) is 1. The Morgan fingerprint density at radius 2 is 2.12 bits per heavy atom. The number of nitrogens with zero attached hydrogens (tertiary/aromatic N) is 4. The summed E-state index contributed by atoms with van der Waals surface area (Å²) in [5.41, 5.74) is 2.31. The first kappa shape index (κ1) is 16.8. The van der Waals surface area contributed by atoms with Crippen LogP contribution in [0.2, 0.25) is 0 Å². The van der Waals surface area contributed by atoms with Gasteiger partial charge in [0.2, 0.25) is 5.91 Å². The van der Waals surface area contributed by atoms with Crippen molar-refractivity contribution in [1.82, 2.24) is 24.5 Å². The van der Waals surface area contributed by atoms with Crippen molar-refractivity contribution in [3.8, 4) is 0 Å². The molecule has 0 aromatic carbocycles. The number of nitrogens with one attached hydrogen (secondary N) is 1. The summed E-state index contributed by atoms with van der Waals surface area (Å²) in [4.78, 5) is 30.5. The molecule has 26 heavy (non-hydrogen) atoms. The number of aromatic nitrogens is 4. The second kappa shape index (κ2) is 6.91. The molecule has 1 aliphatic rings.